The van der Waals surface area contributed by atoms with Crippen molar-refractivity contribution >= 4 is 131 Å². The number of fused-ring (bicyclic) bond motifs is 8. The van der Waals surface area contributed by atoms with Crippen molar-refractivity contribution in [1.82, 2.24) is 30.0 Å². The Morgan fingerprint density at radius 2 is 0.491 bits per heavy atom. The molecule has 108 heavy (non-hydrogen) atoms. The summed E-state index contributed by atoms with van der Waals surface area (Å²) in [5.74, 6) is 0. The molecule has 0 amide bonds. The molecule has 2 aromatic heterocycles. The Kier molecular flexibility index (Phi) is 14.8. The second-order valence-electron chi connectivity index (χ2n) is 27.0. The van der Waals surface area contributed by atoms with Crippen LogP contribution in [0.25, 0.3) is 45.0 Å². The molecule has 14 heteroatoms. The number of para-hydroxylation sites is 14. The first-order valence-corrected chi connectivity index (χ1v) is 36.9. The van der Waals surface area contributed by atoms with Crippen LogP contribution < -0.4 is 34.3 Å². The van der Waals surface area contributed by atoms with E-state index >= 15 is 0 Å². The predicted octanol–water partition coefficient (Wildman–Crippen LogP) is 25.5. The molecule has 0 saturated carbocycles. The zero-order valence-corrected chi connectivity index (χ0v) is 58.9. The minimum Gasteiger partial charge on any atom is -0.308 e. The van der Waals surface area contributed by atoms with E-state index in [-0.39, 0.29) is 0 Å². The minimum atomic E-state index is 0.764. The van der Waals surface area contributed by atoms with Crippen molar-refractivity contribution in [2.45, 2.75) is 9.79 Å². The van der Waals surface area contributed by atoms with Crippen molar-refractivity contribution in [3.8, 4) is 45.0 Å². The molecule has 4 aliphatic rings. The highest BCUT2D eigenvalue weighted by molar-refractivity contribution is 7.99. The highest BCUT2D eigenvalue weighted by atomic mass is 32.2. The van der Waals surface area contributed by atoms with Crippen molar-refractivity contribution in [1.29, 1.82) is 0 Å². The first-order chi connectivity index (χ1) is 53.6. The number of aromatic nitrogens is 6. The van der Waals surface area contributed by atoms with Gasteiger partial charge >= 0.3 is 0 Å². The van der Waals surface area contributed by atoms with Crippen LogP contribution >= 0.6 is 11.8 Å². The Hall–Kier alpha value is -14.5. The van der Waals surface area contributed by atoms with Crippen LogP contribution in [0.2, 0.25) is 0 Å². The van der Waals surface area contributed by atoms with E-state index in [1.165, 1.54) is 9.79 Å². The van der Waals surface area contributed by atoms with Gasteiger partial charge in [0.25, 0.3) is 0 Å². The number of benzene rings is 15. The summed E-state index contributed by atoms with van der Waals surface area (Å²) in [5, 5.41) is 19.2. The normalized spacial score (nSPS) is 13.0. The third-order valence-corrected chi connectivity index (χ3v) is 21.8. The lowest BCUT2D eigenvalue weighted by molar-refractivity contribution is 0.804. The lowest BCUT2D eigenvalue weighted by atomic mass is 9.94. The number of hydrogen-bond donors (Lipinski definition) is 0. The van der Waals surface area contributed by atoms with E-state index in [0.717, 1.165) is 164 Å². The van der Waals surface area contributed by atoms with Gasteiger partial charge in [0.2, 0.25) is 0 Å². The van der Waals surface area contributed by atoms with Crippen LogP contribution in [-0.2, 0) is 0 Å². The van der Waals surface area contributed by atoms with Crippen LogP contribution in [0.3, 0.4) is 0 Å². The zero-order valence-electron chi connectivity index (χ0n) is 58.1. The van der Waals surface area contributed by atoms with Crippen LogP contribution in [0.5, 0.6) is 0 Å². The molecule has 0 fully saturated rings. The van der Waals surface area contributed by atoms with E-state index in [1.807, 2.05) is 21.8 Å². The summed E-state index contributed by atoms with van der Waals surface area (Å²) in [6, 6.07) is 132. The molecule has 6 heterocycles. The second-order valence-corrected chi connectivity index (χ2v) is 28.0. The lowest BCUT2D eigenvalue weighted by Gasteiger charge is -2.42. The van der Waals surface area contributed by atoms with Crippen molar-refractivity contribution in [3.63, 3.8) is 0 Å². The van der Waals surface area contributed by atoms with Gasteiger partial charge in [0.15, 0.2) is 0 Å². The van der Waals surface area contributed by atoms with Crippen LogP contribution in [0.1, 0.15) is 0 Å². The molecule has 0 spiro atoms. The van der Waals surface area contributed by atoms with Crippen LogP contribution in [0, 0.1) is 0 Å². The van der Waals surface area contributed by atoms with Crippen molar-refractivity contribution in [3.05, 3.63) is 382 Å². The summed E-state index contributed by atoms with van der Waals surface area (Å²) in [4.78, 5) is 19.1. The van der Waals surface area contributed by atoms with Gasteiger partial charge in [-0.1, -0.05) is 204 Å². The molecule has 0 unspecified atom stereocenters. The van der Waals surface area contributed by atoms with Crippen LogP contribution in [0.4, 0.5) is 119 Å². The maximum Gasteiger partial charge on any atom is 0.113 e. The number of anilines is 21. The van der Waals surface area contributed by atoms with Crippen molar-refractivity contribution in [2.24, 2.45) is 0 Å². The smallest absolute Gasteiger partial charge is 0.113 e. The van der Waals surface area contributed by atoms with Crippen LogP contribution in [-0.4, -0.2) is 30.0 Å². The molecule has 4 aliphatic heterocycles. The summed E-state index contributed by atoms with van der Waals surface area (Å²) in [6.07, 6.45) is 4.05. The largest absolute Gasteiger partial charge is 0.308 e. The summed E-state index contributed by atoms with van der Waals surface area (Å²) >= 11 is 1.80. The maximum absolute atomic E-state index is 4.82. The highest BCUT2D eigenvalue weighted by Crippen LogP contribution is 2.61. The second kappa shape index (κ2) is 25.7. The molecule has 13 nitrogen and oxygen atoms in total. The summed E-state index contributed by atoms with van der Waals surface area (Å²) in [5.41, 5.74) is 29.6. The van der Waals surface area contributed by atoms with Gasteiger partial charge in [0, 0.05) is 66.3 Å². The van der Waals surface area contributed by atoms with Gasteiger partial charge in [0.1, 0.15) is 11.4 Å². The molecule has 510 valence electrons. The molecular formula is C94H63N13S. The average molecular weight is 1410 g/mol. The molecule has 0 atom stereocenters. The third-order valence-electron chi connectivity index (χ3n) is 20.7. The summed E-state index contributed by atoms with van der Waals surface area (Å²) in [6.45, 7) is 0. The monoisotopic (exact) mass is 1410 g/mol. The molecule has 0 radical (unpaired) electrons. The molecule has 17 aromatic rings. The van der Waals surface area contributed by atoms with E-state index < -0.39 is 0 Å². The predicted molar refractivity (Wildman–Crippen MR) is 440 cm³/mol. The maximum atomic E-state index is 4.82. The Morgan fingerprint density at radius 3 is 0.926 bits per heavy atom. The fourth-order valence-electron chi connectivity index (χ4n) is 15.9. The van der Waals surface area contributed by atoms with E-state index in [1.54, 1.807) is 11.8 Å². The molecule has 21 rings (SSSR count). The molecule has 0 aliphatic carbocycles. The van der Waals surface area contributed by atoms with E-state index in [4.69, 9.17) is 20.6 Å². The molecule has 0 N–H and O–H groups in total. The average Bonchev–Trinajstić information content (AvgIpc) is 0.771. The van der Waals surface area contributed by atoms with Crippen molar-refractivity contribution in [2.75, 3.05) is 34.3 Å². The SMILES string of the molecule is c1ccc(N2c3ccccc3N(c3ccc(-c4cn(-c5cccc(N6c7ccccc7N(c7ccccc7)c7c(-c8ccc9c(c8)N(c8ccc(-c%10cn(-c%11cccc(N%12c%13ccccc%13Sc%13ccccc%13%12)c%11)nn%10)cc8)c8ccccc8N9c8ccccc8)cccc76)c5)nn4)cc3)c3ccccc32)cc1. The number of rotatable bonds is 12. The first-order valence-electron chi connectivity index (χ1n) is 36.1. The Bertz CT molecular complexity index is 6210. The van der Waals surface area contributed by atoms with Gasteiger partial charge in [-0.15, -0.1) is 10.2 Å². The fourth-order valence-corrected chi connectivity index (χ4v) is 17.0. The Labute approximate surface area is 628 Å². The van der Waals surface area contributed by atoms with E-state index in [2.05, 4.69) is 404 Å². The van der Waals surface area contributed by atoms with Gasteiger partial charge in [-0.3, -0.25) is 0 Å². The molecular weight excluding hydrogens is 1340 g/mol. The molecule has 0 bridgehead atoms. The molecule has 15 aromatic carbocycles. The summed E-state index contributed by atoms with van der Waals surface area (Å²) < 4.78 is 3.76. The number of hydrogen-bond acceptors (Lipinski definition) is 12. The standard InChI is InChI=1S/C94H63N13S/c1-4-25-67(26-5-1)101-79-36-10-12-38-81(79)103(82-39-13-11-37-80(82)101)70-54-49-64(50-55-70)77-62-99(97-95-77)72-31-22-33-74(60-72)105-85-42-16-17-43-86(85)107(69-29-8-3-9-30-69)94-76(35-24-46-90(94)105)66-53-58-87-91(59-66)104(84-41-15-14-40-83(84)102(87)68-27-6-2-7-28-68)71-56-51-65(52-57-71)78-63-100(98-96-78)73-32-23-34-75(61-73)106-88-44-18-20-47-92(88)108-93-48-21-19-45-89(93)106/h1-63H. The fraction of sp³-hybridized carbons (Fsp3) is 0. The first kappa shape index (κ1) is 62.1. The highest BCUT2D eigenvalue weighted by Gasteiger charge is 2.37. The van der Waals surface area contributed by atoms with Gasteiger partial charge in [0.05, 0.1) is 103 Å². The van der Waals surface area contributed by atoms with E-state index in [0.29, 0.717) is 0 Å². The Balaban J connectivity index is 0.632. The summed E-state index contributed by atoms with van der Waals surface area (Å²) in [7, 11) is 0. The van der Waals surface area contributed by atoms with Gasteiger partial charge < -0.3 is 34.3 Å². The van der Waals surface area contributed by atoms with Gasteiger partial charge in [-0.2, -0.15) is 0 Å². The number of nitrogens with zero attached hydrogens (tertiary/aromatic N) is 13. The zero-order chi connectivity index (χ0) is 71.2. The third kappa shape index (κ3) is 10.4. The lowest BCUT2D eigenvalue weighted by Crippen LogP contribution is -2.25. The Morgan fingerprint density at radius 1 is 0.194 bits per heavy atom. The van der Waals surface area contributed by atoms with Gasteiger partial charge in [-0.05, 0) is 194 Å². The molecule has 0 saturated heterocycles. The topological polar surface area (TPSA) is 84.1 Å². The quantitative estimate of drug-likeness (QED) is 0.117. The van der Waals surface area contributed by atoms with E-state index in [9.17, 15) is 0 Å². The minimum absolute atomic E-state index is 0.764. The van der Waals surface area contributed by atoms with Gasteiger partial charge in [-0.25, -0.2) is 9.36 Å². The van der Waals surface area contributed by atoms with Crippen molar-refractivity contribution < 1.29 is 0 Å². The van der Waals surface area contributed by atoms with Crippen LogP contribution in [0.15, 0.2) is 392 Å².